The molecule has 3 rings (SSSR count). The predicted octanol–water partition coefficient (Wildman–Crippen LogP) is 5.24. The first-order chi connectivity index (χ1) is 15.1. The molecule has 0 N–H and O–H groups in total. The highest BCUT2D eigenvalue weighted by atomic mass is 19.4. The average Bonchev–Trinajstić information content (AvgIpc) is 3.22. The van der Waals surface area contributed by atoms with Gasteiger partial charge in [-0.05, 0) is 46.9 Å². The fourth-order valence-corrected chi connectivity index (χ4v) is 2.56. The topological polar surface area (TPSA) is 106 Å². The molecule has 0 radical (unpaired) electrons. The molecule has 2 aromatic carbocycles. The number of hydrogen-bond donors (Lipinski definition) is 0. The quantitative estimate of drug-likeness (QED) is 0.212. The SMILES string of the molecule is [N-]=[N+]=NC(=O)CCc1ccc(-c2ncn(-c3ccc(OC(F)(F)C(F)(F)F)cc3)n2)cc1. The first-order valence-electron chi connectivity index (χ1n) is 8.92. The summed E-state index contributed by atoms with van der Waals surface area (Å²) in [4.78, 5) is 17.8. The van der Waals surface area contributed by atoms with E-state index < -0.39 is 23.9 Å². The van der Waals surface area contributed by atoms with Gasteiger partial charge in [0.1, 0.15) is 12.1 Å². The van der Waals surface area contributed by atoms with Gasteiger partial charge in [-0.15, -0.1) is 5.10 Å². The Morgan fingerprint density at radius 2 is 1.72 bits per heavy atom. The van der Waals surface area contributed by atoms with Crippen molar-refractivity contribution in [3.05, 3.63) is 70.9 Å². The fraction of sp³-hybridized carbons (Fsp3) is 0.211. The Morgan fingerprint density at radius 1 is 1.06 bits per heavy atom. The molecule has 0 fully saturated rings. The van der Waals surface area contributed by atoms with Crippen LogP contribution in [0.25, 0.3) is 27.5 Å². The lowest BCUT2D eigenvalue weighted by atomic mass is 10.1. The Labute approximate surface area is 176 Å². The van der Waals surface area contributed by atoms with E-state index in [0.29, 0.717) is 23.5 Å². The number of aryl methyl sites for hydroxylation is 1. The average molecular weight is 452 g/mol. The number of benzene rings is 2. The molecule has 0 unspecified atom stereocenters. The number of carbonyl (C=O) groups excluding carboxylic acids is 1. The minimum atomic E-state index is -5.83. The van der Waals surface area contributed by atoms with Crippen LogP contribution in [0.1, 0.15) is 12.0 Å². The molecule has 0 saturated heterocycles. The fourth-order valence-electron chi connectivity index (χ4n) is 2.56. The molecular weight excluding hydrogens is 439 g/mol. The molecule has 0 bridgehead atoms. The summed E-state index contributed by atoms with van der Waals surface area (Å²) in [6.07, 6.45) is -9.33. The number of alkyl halides is 5. The monoisotopic (exact) mass is 452 g/mol. The standard InChI is InChI=1S/C19H13F5N6O2/c20-18(21,22)19(23,24)32-15-8-6-14(7-9-15)30-11-26-17(28-30)13-4-1-12(2-5-13)3-10-16(31)27-29-25/h1-2,4-9,11H,3,10H2. The number of nitrogens with zero attached hydrogens (tertiary/aromatic N) is 6. The lowest BCUT2D eigenvalue weighted by molar-refractivity contribution is -0.360. The lowest BCUT2D eigenvalue weighted by Crippen LogP contribution is -2.41. The molecule has 166 valence electrons. The van der Waals surface area contributed by atoms with Gasteiger partial charge in [0.25, 0.3) is 0 Å². The van der Waals surface area contributed by atoms with E-state index in [0.717, 1.165) is 17.7 Å². The van der Waals surface area contributed by atoms with Crippen molar-refractivity contribution in [1.29, 1.82) is 0 Å². The molecule has 0 aliphatic heterocycles. The van der Waals surface area contributed by atoms with E-state index in [2.05, 4.69) is 24.8 Å². The maximum atomic E-state index is 13.0. The Hall–Kier alpha value is -3.99. The Morgan fingerprint density at radius 3 is 2.31 bits per heavy atom. The van der Waals surface area contributed by atoms with Crippen molar-refractivity contribution in [2.45, 2.75) is 25.1 Å². The molecule has 0 atom stereocenters. The third-order valence-electron chi connectivity index (χ3n) is 4.17. The second-order valence-corrected chi connectivity index (χ2v) is 6.40. The third kappa shape index (κ3) is 5.38. The normalized spacial score (nSPS) is 11.7. The minimum absolute atomic E-state index is 0.0743. The number of halogens is 5. The first kappa shape index (κ1) is 22.7. The number of aromatic nitrogens is 3. The van der Waals surface area contributed by atoms with Crippen LogP contribution in [0.2, 0.25) is 0 Å². The lowest BCUT2D eigenvalue weighted by Gasteiger charge is -2.20. The van der Waals surface area contributed by atoms with Crippen molar-refractivity contribution in [3.8, 4) is 22.8 Å². The Bertz CT molecular complexity index is 1140. The van der Waals surface area contributed by atoms with Crippen molar-refractivity contribution >= 4 is 5.91 Å². The van der Waals surface area contributed by atoms with Crippen LogP contribution in [-0.4, -0.2) is 33.0 Å². The molecule has 0 aliphatic rings. The summed E-state index contributed by atoms with van der Waals surface area (Å²) in [6, 6.07) is 11.4. The van der Waals surface area contributed by atoms with Gasteiger partial charge in [0, 0.05) is 16.9 Å². The number of ether oxygens (including phenoxy) is 1. The summed E-state index contributed by atoms with van der Waals surface area (Å²) in [6.45, 7) is 0. The zero-order valence-electron chi connectivity index (χ0n) is 16.0. The Kier molecular flexibility index (Phi) is 6.40. The van der Waals surface area contributed by atoms with E-state index in [1.165, 1.54) is 23.1 Å². The van der Waals surface area contributed by atoms with Gasteiger partial charge in [-0.3, -0.25) is 4.79 Å². The summed E-state index contributed by atoms with van der Waals surface area (Å²) < 4.78 is 67.7. The second-order valence-electron chi connectivity index (χ2n) is 6.40. The van der Waals surface area contributed by atoms with Crippen LogP contribution < -0.4 is 4.74 Å². The molecule has 13 heteroatoms. The highest BCUT2D eigenvalue weighted by Gasteiger charge is 2.61. The smallest absolute Gasteiger partial charge is 0.426 e. The molecule has 1 amide bonds. The molecular formula is C19H13F5N6O2. The molecule has 3 aromatic rings. The first-order valence-corrected chi connectivity index (χ1v) is 8.92. The van der Waals surface area contributed by atoms with Gasteiger partial charge in [-0.1, -0.05) is 24.3 Å². The van der Waals surface area contributed by atoms with Crippen molar-refractivity contribution in [1.82, 2.24) is 14.8 Å². The van der Waals surface area contributed by atoms with Gasteiger partial charge in [0.2, 0.25) is 5.91 Å². The zero-order valence-corrected chi connectivity index (χ0v) is 16.0. The summed E-state index contributed by atoms with van der Waals surface area (Å²) in [5, 5.41) is 7.24. The minimum Gasteiger partial charge on any atom is -0.426 e. The predicted molar refractivity (Wildman–Crippen MR) is 101 cm³/mol. The highest BCUT2D eigenvalue weighted by Crippen LogP contribution is 2.37. The van der Waals surface area contributed by atoms with Gasteiger partial charge in [-0.2, -0.15) is 22.0 Å². The maximum Gasteiger partial charge on any atom is 0.499 e. The molecule has 8 nitrogen and oxygen atoms in total. The highest BCUT2D eigenvalue weighted by molar-refractivity contribution is 5.77. The molecule has 32 heavy (non-hydrogen) atoms. The van der Waals surface area contributed by atoms with E-state index >= 15 is 0 Å². The molecule has 1 aromatic heterocycles. The van der Waals surface area contributed by atoms with Gasteiger partial charge >= 0.3 is 12.3 Å². The van der Waals surface area contributed by atoms with Crippen molar-refractivity contribution in [2.24, 2.45) is 5.11 Å². The second kappa shape index (κ2) is 9.02. The van der Waals surface area contributed by atoms with Crippen molar-refractivity contribution < 1.29 is 31.5 Å². The molecule has 0 spiro atoms. The van der Waals surface area contributed by atoms with Crippen LogP contribution >= 0.6 is 0 Å². The zero-order chi connectivity index (χ0) is 23.4. The summed E-state index contributed by atoms with van der Waals surface area (Å²) in [5.74, 6) is -0.882. The summed E-state index contributed by atoms with van der Waals surface area (Å²) in [7, 11) is 0. The van der Waals surface area contributed by atoms with E-state index in [1.807, 2.05) is 0 Å². The van der Waals surface area contributed by atoms with Gasteiger partial charge in [0.15, 0.2) is 5.82 Å². The third-order valence-corrected chi connectivity index (χ3v) is 4.17. The Balaban J connectivity index is 1.68. The van der Waals surface area contributed by atoms with Gasteiger partial charge in [0.05, 0.1) is 5.69 Å². The van der Waals surface area contributed by atoms with E-state index in [9.17, 15) is 26.7 Å². The largest absolute Gasteiger partial charge is 0.499 e. The molecule has 1 heterocycles. The molecule has 0 aliphatic carbocycles. The summed E-state index contributed by atoms with van der Waals surface area (Å²) in [5.41, 5.74) is 10.1. The van der Waals surface area contributed by atoms with Crippen LogP contribution in [0.5, 0.6) is 5.75 Å². The van der Waals surface area contributed by atoms with E-state index in [1.54, 1.807) is 24.3 Å². The van der Waals surface area contributed by atoms with Crippen LogP contribution in [0.3, 0.4) is 0 Å². The number of hydrogen-bond acceptors (Lipinski definition) is 4. The van der Waals surface area contributed by atoms with Gasteiger partial charge < -0.3 is 4.74 Å². The van der Waals surface area contributed by atoms with Crippen LogP contribution in [0.15, 0.2) is 60.0 Å². The number of carbonyl (C=O) groups is 1. The van der Waals surface area contributed by atoms with Crippen LogP contribution in [0.4, 0.5) is 22.0 Å². The number of amides is 1. The summed E-state index contributed by atoms with van der Waals surface area (Å²) >= 11 is 0. The van der Waals surface area contributed by atoms with E-state index in [4.69, 9.17) is 5.53 Å². The van der Waals surface area contributed by atoms with Gasteiger partial charge in [-0.25, -0.2) is 9.67 Å². The molecule has 0 saturated carbocycles. The number of azide groups is 1. The van der Waals surface area contributed by atoms with Crippen molar-refractivity contribution in [2.75, 3.05) is 0 Å². The van der Waals surface area contributed by atoms with Crippen molar-refractivity contribution in [3.63, 3.8) is 0 Å². The maximum absolute atomic E-state index is 13.0. The number of rotatable bonds is 7. The van der Waals surface area contributed by atoms with E-state index in [-0.39, 0.29) is 6.42 Å². The van der Waals surface area contributed by atoms with Crippen LogP contribution in [-0.2, 0) is 11.2 Å². The van der Waals surface area contributed by atoms with Crippen LogP contribution in [0, 0.1) is 0 Å².